The highest BCUT2D eigenvalue weighted by atomic mass is 19.1. The Labute approximate surface area is 75.9 Å². The van der Waals surface area contributed by atoms with Gasteiger partial charge in [0, 0.05) is 6.54 Å². The summed E-state index contributed by atoms with van der Waals surface area (Å²) in [4.78, 5) is 2.52. The van der Waals surface area contributed by atoms with Crippen molar-refractivity contribution in [2.24, 2.45) is 5.41 Å². The van der Waals surface area contributed by atoms with Crippen LogP contribution in [-0.4, -0.2) is 31.7 Å². The quantitative estimate of drug-likeness (QED) is 0.635. The van der Waals surface area contributed by atoms with Crippen molar-refractivity contribution in [3.63, 3.8) is 0 Å². The molecule has 0 atom stereocenters. The highest BCUT2D eigenvalue weighted by Crippen LogP contribution is 2.45. The lowest BCUT2D eigenvalue weighted by molar-refractivity contribution is 0.250. The summed E-state index contributed by atoms with van der Waals surface area (Å²) in [6.07, 6.45) is 2.90. The van der Waals surface area contributed by atoms with Crippen molar-refractivity contribution in [3.8, 4) is 0 Å². The third kappa shape index (κ3) is 4.05. The maximum atomic E-state index is 9.50. The van der Waals surface area contributed by atoms with E-state index in [1.165, 1.54) is 32.5 Å². The van der Waals surface area contributed by atoms with E-state index in [9.17, 15) is 4.39 Å². The van der Waals surface area contributed by atoms with Crippen molar-refractivity contribution in [2.75, 3.05) is 26.8 Å². The van der Waals surface area contributed by atoms with Gasteiger partial charge in [0.15, 0.2) is 0 Å². The van der Waals surface area contributed by atoms with Crippen LogP contribution in [0.15, 0.2) is 0 Å². The van der Waals surface area contributed by atoms with Crippen molar-refractivity contribution < 1.29 is 4.39 Å². The fraction of sp³-hybridized carbons (Fsp3) is 1.00. The molecule has 1 rings (SSSR count). The van der Waals surface area contributed by atoms with Gasteiger partial charge in [0.25, 0.3) is 0 Å². The molecule has 74 valence electrons. The minimum atomic E-state index is 0.500. The summed E-state index contributed by atoms with van der Waals surface area (Å²) >= 11 is 0. The van der Waals surface area contributed by atoms with Crippen molar-refractivity contribution in [1.29, 1.82) is 0 Å². The third-order valence-electron chi connectivity index (χ3n) is 2.60. The zero-order chi connectivity index (χ0) is 9.61. The molecule has 0 saturated heterocycles. The van der Waals surface area contributed by atoms with E-state index in [1.807, 2.05) is 0 Å². The standard InChI is InChI=1S/C9H19N.CH3F/c1-4-10(5-2)8-9(3)6-7-9;1-2/h4-8H2,1-3H3;1H3. The Kier molecular flexibility index (Phi) is 5.47. The van der Waals surface area contributed by atoms with Crippen molar-refractivity contribution in [3.05, 3.63) is 0 Å². The van der Waals surface area contributed by atoms with E-state index in [0.717, 1.165) is 0 Å². The molecule has 0 aromatic carbocycles. The van der Waals surface area contributed by atoms with Crippen LogP contribution in [0.3, 0.4) is 0 Å². The summed E-state index contributed by atoms with van der Waals surface area (Å²) < 4.78 is 9.50. The first-order valence-electron chi connectivity index (χ1n) is 4.80. The molecule has 0 aromatic heterocycles. The predicted molar refractivity (Wildman–Crippen MR) is 52.2 cm³/mol. The first kappa shape index (κ1) is 11.9. The minimum Gasteiger partial charge on any atom is -0.303 e. The van der Waals surface area contributed by atoms with Crippen molar-refractivity contribution in [1.82, 2.24) is 4.90 Å². The van der Waals surface area contributed by atoms with E-state index >= 15 is 0 Å². The number of rotatable bonds is 4. The lowest BCUT2D eigenvalue weighted by Gasteiger charge is -2.21. The topological polar surface area (TPSA) is 3.24 Å². The molecule has 0 radical (unpaired) electrons. The Morgan fingerprint density at radius 1 is 1.17 bits per heavy atom. The van der Waals surface area contributed by atoms with Crippen LogP contribution in [0.5, 0.6) is 0 Å². The molecule has 0 N–H and O–H groups in total. The molecule has 1 nitrogen and oxygen atoms in total. The number of hydrogen-bond acceptors (Lipinski definition) is 1. The Balaban J connectivity index is 0.000000561. The van der Waals surface area contributed by atoms with E-state index in [2.05, 4.69) is 25.7 Å². The molecule has 12 heavy (non-hydrogen) atoms. The molecule has 1 saturated carbocycles. The van der Waals surface area contributed by atoms with Gasteiger partial charge < -0.3 is 4.90 Å². The molecule has 0 aliphatic heterocycles. The molecular weight excluding hydrogens is 153 g/mol. The van der Waals surface area contributed by atoms with Crippen LogP contribution < -0.4 is 0 Å². The molecule has 1 aliphatic rings. The molecule has 1 fully saturated rings. The summed E-state index contributed by atoms with van der Waals surface area (Å²) in [5.74, 6) is 0. The van der Waals surface area contributed by atoms with Gasteiger partial charge in [0.1, 0.15) is 0 Å². The van der Waals surface area contributed by atoms with E-state index in [1.54, 1.807) is 0 Å². The summed E-state index contributed by atoms with van der Waals surface area (Å²) in [6.45, 7) is 10.6. The van der Waals surface area contributed by atoms with Crippen LogP contribution in [0.4, 0.5) is 4.39 Å². The molecule has 2 heteroatoms. The number of nitrogens with zero attached hydrogens (tertiary/aromatic N) is 1. The smallest absolute Gasteiger partial charge is 0.0785 e. The second-order valence-corrected chi connectivity index (χ2v) is 3.77. The molecule has 0 spiro atoms. The zero-order valence-corrected chi connectivity index (χ0v) is 8.86. The molecule has 0 aromatic rings. The van der Waals surface area contributed by atoms with Crippen LogP contribution in [0.25, 0.3) is 0 Å². The zero-order valence-electron chi connectivity index (χ0n) is 8.86. The van der Waals surface area contributed by atoms with E-state index in [4.69, 9.17) is 0 Å². The molecule has 0 heterocycles. The monoisotopic (exact) mass is 175 g/mol. The van der Waals surface area contributed by atoms with Gasteiger partial charge in [-0.05, 0) is 31.3 Å². The largest absolute Gasteiger partial charge is 0.303 e. The van der Waals surface area contributed by atoms with Crippen LogP contribution >= 0.6 is 0 Å². The van der Waals surface area contributed by atoms with Crippen molar-refractivity contribution in [2.45, 2.75) is 33.6 Å². The van der Waals surface area contributed by atoms with E-state index in [-0.39, 0.29) is 0 Å². The fourth-order valence-electron chi connectivity index (χ4n) is 1.36. The Bertz CT molecular complexity index is 106. The minimum absolute atomic E-state index is 0.500. The Morgan fingerprint density at radius 2 is 1.58 bits per heavy atom. The number of hydrogen-bond donors (Lipinski definition) is 0. The summed E-state index contributed by atoms with van der Waals surface area (Å²) in [5, 5.41) is 0. The average molecular weight is 175 g/mol. The lowest BCUT2D eigenvalue weighted by Crippen LogP contribution is -2.28. The van der Waals surface area contributed by atoms with Gasteiger partial charge in [-0.2, -0.15) is 0 Å². The Hall–Kier alpha value is -0.110. The van der Waals surface area contributed by atoms with E-state index < -0.39 is 0 Å². The predicted octanol–water partition coefficient (Wildman–Crippen LogP) is 2.71. The molecule has 0 bridgehead atoms. The van der Waals surface area contributed by atoms with Gasteiger partial charge in [-0.1, -0.05) is 20.8 Å². The average Bonchev–Trinajstić information content (AvgIpc) is 2.84. The van der Waals surface area contributed by atoms with Gasteiger partial charge in [-0.3, -0.25) is 4.39 Å². The first-order chi connectivity index (χ1) is 5.70. The first-order valence-corrected chi connectivity index (χ1v) is 4.80. The van der Waals surface area contributed by atoms with Gasteiger partial charge in [0.2, 0.25) is 0 Å². The van der Waals surface area contributed by atoms with Gasteiger partial charge in [0.05, 0.1) is 7.18 Å². The number of halogens is 1. The van der Waals surface area contributed by atoms with Gasteiger partial charge in [-0.15, -0.1) is 0 Å². The van der Waals surface area contributed by atoms with Crippen molar-refractivity contribution >= 4 is 0 Å². The maximum Gasteiger partial charge on any atom is 0.0785 e. The molecule has 0 amide bonds. The van der Waals surface area contributed by atoms with E-state index in [0.29, 0.717) is 12.6 Å². The SMILES string of the molecule is CCN(CC)CC1(C)CC1.CF. The second-order valence-electron chi connectivity index (χ2n) is 3.77. The Morgan fingerprint density at radius 3 is 1.83 bits per heavy atom. The van der Waals surface area contributed by atoms with Crippen LogP contribution in [0, 0.1) is 5.41 Å². The lowest BCUT2D eigenvalue weighted by atomic mass is 10.1. The highest BCUT2D eigenvalue weighted by molar-refractivity contribution is 4.90. The molecule has 1 aliphatic carbocycles. The molecule has 0 unspecified atom stereocenters. The normalized spacial score (nSPS) is 18.5. The summed E-state index contributed by atoms with van der Waals surface area (Å²) in [6, 6.07) is 0. The molecular formula is C10H22FN. The fourth-order valence-corrected chi connectivity index (χ4v) is 1.36. The number of alkyl halides is 1. The van der Waals surface area contributed by atoms with Gasteiger partial charge >= 0.3 is 0 Å². The van der Waals surface area contributed by atoms with Crippen LogP contribution in [0.2, 0.25) is 0 Å². The third-order valence-corrected chi connectivity index (χ3v) is 2.60. The maximum absolute atomic E-state index is 9.50. The van der Waals surface area contributed by atoms with Crippen LogP contribution in [-0.2, 0) is 0 Å². The summed E-state index contributed by atoms with van der Waals surface area (Å²) in [5.41, 5.74) is 0.700. The van der Waals surface area contributed by atoms with Gasteiger partial charge in [-0.25, -0.2) is 0 Å². The second kappa shape index (κ2) is 5.52. The van der Waals surface area contributed by atoms with Crippen LogP contribution in [0.1, 0.15) is 33.6 Å². The summed E-state index contributed by atoms with van der Waals surface area (Å²) in [7, 11) is 0.500. The highest BCUT2D eigenvalue weighted by Gasteiger charge is 2.37.